The number of rotatable bonds is 7. The number of amides is 1. The maximum atomic E-state index is 12.1. The number of hydrogen-bond donors (Lipinski definition) is 2. The van der Waals surface area contributed by atoms with Crippen molar-refractivity contribution < 1.29 is 9.53 Å². The Morgan fingerprint density at radius 2 is 1.92 bits per heavy atom. The van der Waals surface area contributed by atoms with Gasteiger partial charge in [0.15, 0.2) is 0 Å². The minimum atomic E-state index is -0.345. The zero-order chi connectivity index (χ0) is 16.7. The predicted molar refractivity (Wildman–Crippen MR) is 105 cm³/mol. The largest absolute Gasteiger partial charge is 0.475 e. The molecule has 0 aliphatic rings. The van der Waals surface area contributed by atoms with Gasteiger partial charge in [-0.05, 0) is 17.7 Å². The Labute approximate surface area is 165 Å². The van der Waals surface area contributed by atoms with Gasteiger partial charge < -0.3 is 15.8 Å². The molecule has 1 heterocycles. The Morgan fingerprint density at radius 1 is 1.24 bits per heavy atom. The van der Waals surface area contributed by atoms with Crippen LogP contribution in [0.2, 0.25) is 5.02 Å². The zero-order valence-electron chi connectivity index (χ0n) is 13.7. The lowest BCUT2D eigenvalue weighted by Gasteiger charge is -2.19. The summed E-state index contributed by atoms with van der Waals surface area (Å²) in [5.74, 6) is -0.0923. The number of nitrogens with zero attached hydrogens (tertiary/aromatic N) is 1. The first-order valence-corrected chi connectivity index (χ1v) is 7.79. The Balaban J connectivity index is 0.00000288. The van der Waals surface area contributed by atoms with E-state index in [1.807, 2.05) is 37.3 Å². The lowest BCUT2D eigenvalue weighted by atomic mass is 9.95. The van der Waals surface area contributed by atoms with Gasteiger partial charge in [0.25, 0.3) is 0 Å². The number of nitrogens with two attached hydrogens (primary N) is 1. The minimum Gasteiger partial charge on any atom is -0.475 e. The Morgan fingerprint density at radius 3 is 2.56 bits per heavy atom. The van der Waals surface area contributed by atoms with Crippen LogP contribution in [0.5, 0.6) is 5.88 Å². The van der Waals surface area contributed by atoms with Crippen LogP contribution in [0.3, 0.4) is 0 Å². The summed E-state index contributed by atoms with van der Waals surface area (Å²) in [6, 6.07) is 12.6. The summed E-state index contributed by atoms with van der Waals surface area (Å²) in [6.07, 6.45) is 1.60. The second-order valence-electron chi connectivity index (χ2n) is 5.16. The van der Waals surface area contributed by atoms with Gasteiger partial charge in [0.1, 0.15) is 11.6 Å². The molecular formula is C17H22Cl3N3O2. The van der Waals surface area contributed by atoms with Gasteiger partial charge in [0.05, 0.1) is 12.5 Å². The molecule has 0 saturated carbocycles. The van der Waals surface area contributed by atoms with Crippen molar-refractivity contribution in [3.05, 3.63) is 59.2 Å². The topological polar surface area (TPSA) is 77.2 Å². The number of carbonyl (C=O) groups excluding carboxylic acids is 1. The first-order valence-electron chi connectivity index (χ1n) is 7.41. The number of benzene rings is 1. The molecule has 2 unspecified atom stereocenters. The van der Waals surface area contributed by atoms with Gasteiger partial charge in [-0.3, -0.25) is 4.79 Å². The number of pyridine rings is 1. The van der Waals surface area contributed by atoms with Crippen LogP contribution < -0.4 is 15.8 Å². The minimum absolute atomic E-state index is 0. The molecule has 1 amide bonds. The number of carbonyl (C=O) groups is 1. The van der Waals surface area contributed by atoms with Crippen LogP contribution in [0.1, 0.15) is 18.5 Å². The molecular weight excluding hydrogens is 385 g/mol. The summed E-state index contributed by atoms with van der Waals surface area (Å²) >= 11 is 5.93. The second-order valence-corrected chi connectivity index (χ2v) is 5.56. The van der Waals surface area contributed by atoms with E-state index in [1.165, 1.54) is 0 Å². The maximum absolute atomic E-state index is 12.1. The third kappa shape index (κ3) is 7.08. The van der Waals surface area contributed by atoms with Gasteiger partial charge in [0.2, 0.25) is 11.8 Å². The lowest BCUT2D eigenvalue weighted by molar-refractivity contribution is -0.125. The fourth-order valence-electron chi connectivity index (χ4n) is 2.09. The molecule has 0 fully saturated rings. The summed E-state index contributed by atoms with van der Waals surface area (Å²) in [6.45, 7) is 2.46. The van der Waals surface area contributed by atoms with E-state index in [9.17, 15) is 4.79 Å². The van der Waals surface area contributed by atoms with Crippen LogP contribution in [0.15, 0.2) is 48.7 Å². The monoisotopic (exact) mass is 405 g/mol. The molecule has 0 radical (unpaired) electrons. The highest BCUT2D eigenvalue weighted by Gasteiger charge is 2.21. The summed E-state index contributed by atoms with van der Waals surface area (Å²) in [7, 11) is 0. The quantitative estimate of drug-likeness (QED) is 0.691. The average molecular weight is 407 g/mol. The van der Waals surface area contributed by atoms with E-state index < -0.39 is 0 Å². The van der Waals surface area contributed by atoms with Crippen LogP contribution in [-0.4, -0.2) is 24.0 Å². The number of ether oxygens (including phenoxy) is 1. The molecule has 8 heteroatoms. The molecule has 1 aromatic carbocycles. The fraction of sp³-hybridized carbons (Fsp3) is 0.294. The Bertz CT molecular complexity index is 644. The normalized spacial score (nSPS) is 12.1. The van der Waals surface area contributed by atoms with Crippen LogP contribution in [0.25, 0.3) is 0 Å². The molecule has 3 N–H and O–H groups in total. The van der Waals surface area contributed by atoms with Crippen molar-refractivity contribution in [1.82, 2.24) is 10.3 Å². The van der Waals surface area contributed by atoms with E-state index in [-0.39, 0.29) is 49.3 Å². The lowest BCUT2D eigenvalue weighted by Crippen LogP contribution is -2.37. The molecule has 2 aromatic rings. The molecule has 0 aliphatic heterocycles. The predicted octanol–water partition coefficient (Wildman–Crippen LogP) is 3.41. The van der Waals surface area contributed by atoms with Gasteiger partial charge in [-0.25, -0.2) is 4.98 Å². The summed E-state index contributed by atoms with van der Waals surface area (Å²) in [5, 5.41) is 3.25. The van der Waals surface area contributed by atoms with Crippen LogP contribution in [-0.2, 0) is 4.79 Å². The third-order valence-corrected chi connectivity index (χ3v) is 3.79. The average Bonchev–Trinajstić information content (AvgIpc) is 2.59. The maximum Gasteiger partial charge on any atom is 0.232 e. The summed E-state index contributed by atoms with van der Waals surface area (Å²) in [5.41, 5.74) is 7.07. The van der Waals surface area contributed by atoms with E-state index in [4.69, 9.17) is 22.1 Å². The number of hydrogen-bond acceptors (Lipinski definition) is 4. The smallest absolute Gasteiger partial charge is 0.232 e. The highest BCUT2D eigenvalue weighted by molar-refractivity contribution is 6.31. The fourth-order valence-corrected chi connectivity index (χ4v) is 2.26. The highest BCUT2D eigenvalue weighted by atomic mass is 35.5. The van der Waals surface area contributed by atoms with Crippen molar-refractivity contribution in [2.45, 2.75) is 13.0 Å². The molecule has 0 saturated heterocycles. The highest BCUT2D eigenvalue weighted by Crippen LogP contribution is 2.20. The van der Waals surface area contributed by atoms with E-state index in [0.717, 1.165) is 5.56 Å². The van der Waals surface area contributed by atoms with Crippen LogP contribution >= 0.6 is 36.4 Å². The zero-order valence-corrected chi connectivity index (χ0v) is 16.1. The molecule has 25 heavy (non-hydrogen) atoms. The van der Waals surface area contributed by atoms with Crippen molar-refractivity contribution in [2.24, 2.45) is 11.7 Å². The van der Waals surface area contributed by atoms with E-state index in [0.29, 0.717) is 17.4 Å². The van der Waals surface area contributed by atoms with Crippen molar-refractivity contribution in [3.63, 3.8) is 0 Å². The third-order valence-electron chi connectivity index (χ3n) is 3.50. The van der Waals surface area contributed by atoms with E-state index in [2.05, 4.69) is 10.3 Å². The number of aromatic nitrogens is 1. The number of halogens is 3. The summed E-state index contributed by atoms with van der Waals surface area (Å²) in [4.78, 5) is 16.2. The first kappa shape index (κ1) is 23.5. The van der Waals surface area contributed by atoms with Crippen molar-refractivity contribution in [1.29, 1.82) is 0 Å². The van der Waals surface area contributed by atoms with Gasteiger partial charge in [0, 0.05) is 12.2 Å². The molecule has 0 spiro atoms. The number of nitrogens with one attached hydrogen (secondary N) is 1. The molecule has 1 aromatic heterocycles. The Hall–Kier alpha value is -1.53. The van der Waals surface area contributed by atoms with Gasteiger partial charge in [-0.15, -0.1) is 24.8 Å². The summed E-state index contributed by atoms with van der Waals surface area (Å²) < 4.78 is 5.42. The van der Waals surface area contributed by atoms with Crippen LogP contribution in [0, 0.1) is 5.92 Å². The van der Waals surface area contributed by atoms with Gasteiger partial charge in [-0.2, -0.15) is 0 Å². The first-order chi connectivity index (χ1) is 11.1. The molecule has 138 valence electrons. The Kier molecular flexibility index (Phi) is 11.2. The molecule has 0 aliphatic carbocycles. The van der Waals surface area contributed by atoms with Gasteiger partial charge in [-0.1, -0.05) is 48.9 Å². The van der Waals surface area contributed by atoms with Gasteiger partial charge >= 0.3 is 0 Å². The molecule has 2 atom stereocenters. The molecule has 2 rings (SSSR count). The van der Waals surface area contributed by atoms with Crippen molar-refractivity contribution in [2.75, 3.05) is 13.2 Å². The van der Waals surface area contributed by atoms with Crippen LogP contribution in [0.4, 0.5) is 0 Å². The molecule has 0 bridgehead atoms. The van der Waals surface area contributed by atoms with E-state index in [1.54, 1.807) is 18.3 Å². The standard InChI is InChI=1S/C17H20ClN3O2.2ClH/c1-12(15(19)13-6-3-2-4-7-13)16(22)20-10-11-23-17-14(18)8-5-9-21-17;;/h2-9,12,15H,10-11,19H2,1H3,(H,20,22);2*1H. The van der Waals surface area contributed by atoms with Crippen molar-refractivity contribution >= 4 is 42.3 Å². The second kappa shape index (κ2) is 11.9. The van der Waals surface area contributed by atoms with Crippen molar-refractivity contribution in [3.8, 4) is 5.88 Å². The SMILES string of the molecule is CC(C(=O)NCCOc1ncccc1Cl)C(N)c1ccccc1.Cl.Cl. The molecule has 5 nitrogen and oxygen atoms in total. The van der Waals surface area contributed by atoms with E-state index >= 15 is 0 Å².